The van der Waals surface area contributed by atoms with Crippen LogP contribution in [0.2, 0.25) is 0 Å². The Morgan fingerprint density at radius 2 is 1.85 bits per heavy atom. The van der Waals surface area contributed by atoms with Gasteiger partial charge in [0.25, 0.3) is 0 Å². The molecule has 0 bridgehead atoms. The average molecular weight is 272 g/mol. The number of Topliss-reactive ketones (excluding diaryl/α,β-unsaturated/α-hetero) is 1. The molecule has 0 radical (unpaired) electrons. The largest absolute Gasteiger partial charge is 0.339 e. The quantitative estimate of drug-likeness (QED) is 0.839. The summed E-state index contributed by atoms with van der Waals surface area (Å²) in [5.41, 5.74) is 3.60. The zero-order chi connectivity index (χ0) is 14.7. The average Bonchev–Trinajstić information content (AvgIpc) is 2.74. The number of rotatable bonds is 5. The Morgan fingerprint density at radius 3 is 2.45 bits per heavy atom. The van der Waals surface area contributed by atoms with Gasteiger partial charge in [-0.15, -0.1) is 0 Å². The fraction of sp³-hybridized carbons (Fsp3) is 0.438. The second-order valence-electron chi connectivity index (χ2n) is 5.57. The lowest BCUT2D eigenvalue weighted by molar-refractivity contribution is -0.121. The van der Waals surface area contributed by atoms with E-state index in [4.69, 9.17) is 4.52 Å². The molecule has 0 atom stereocenters. The molecule has 0 aliphatic heterocycles. The fourth-order valence-corrected chi connectivity index (χ4v) is 2.14. The number of ketones is 1. The summed E-state index contributed by atoms with van der Waals surface area (Å²) in [6.45, 7) is 7.88. The van der Waals surface area contributed by atoms with Crippen LogP contribution in [0.1, 0.15) is 42.3 Å². The lowest BCUT2D eigenvalue weighted by Gasteiger charge is -2.01. The monoisotopic (exact) mass is 272 g/mol. The first kappa shape index (κ1) is 14.4. The van der Waals surface area contributed by atoms with Crippen molar-refractivity contribution in [2.75, 3.05) is 0 Å². The first-order chi connectivity index (χ1) is 9.44. The minimum atomic E-state index is -0.00947. The number of nitrogens with zero attached hydrogens (tertiary/aromatic N) is 2. The second-order valence-corrected chi connectivity index (χ2v) is 5.57. The highest BCUT2D eigenvalue weighted by molar-refractivity contribution is 5.81. The van der Waals surface area contributed by atoms with E-state index in [1.165, 1.54) is 11.1 Å². The minimum absolute atomic E-state index is 0.00947. The molecule has 0 saturated heterocycles. The molecule has 20 heavy (non-hydrogen) atoms. The van der Waals surface area contributed by atoms with Crippen molar-refractivity contribution in [3.8, 4) is 0 Å². The van der Waals surface area contributed by atoms with Gasteiger partial charge in [0.1, 0.15) is 5.78 Å². The molecular formula is C16H20N2O2. The van der Waals surface area contributed by atoms with Gasteiger partial charge in [0.2, 0.25) is 5.89 Å². The molecule has 0 N–H and O–H groups in total. The maximum absolute atomic E-state index is 11.6. The predicted octanol–water partition coefficient (Wildman–Crippen LogP) is 3.04. The van der Waals surface area contributed by atoms with E-state index in [-0.39, 0.29) is 18.1 Å². The van der Waals surface area contributed by atoms with Gasteiger partial charge in [-0.2, -0.15) is 4.98 Å². The molecular weight excluding hydrogens is 252 g/mol. The van der Waals surface area contributed by atoms with Crippen LogP contribution in [-0.4, -0.2) is 15.9 Å². The van der Waals surface area contributed by atoms with E-state index >= 15 is 0 Å². The Bertz CT molecular complexity index is 594. The van der Waals surface area contributed by atoms with Crippen LogP contribution in [0.3, 0.4) is 0 Å². The number of hydrogen-bond acceptors (Lipinski definition) is 4. The number of aromatic nitrogens is 2. The van der Waals surface area contributed by atoms with Crippen LogP contribution in [0.4, 0.5) is 0 Å². The highest BCUT2D eigenvalue weighted by atomic mass is 16.5. The second kappa shape index (κ2) is 5.99. The molecule has 0 spiro atoms. The van der Waals surface area contributed by atoms with Crippen LogP contribution < -0.4 is 0 Å². The Labute approximate surface area is 119 Å². The summed E-state index contributed by atoms with van der Waals surface area (Å²) in [6.07, 6.45) is 0.847. The highest BCUT2D eigenvalue weighted by Crippen LogP contribution is 2.13. The zero-order valence-electron chi connectivity index (χ0n) is 12.4. The molecule has 0 amide bonds. The minimum Gasteiger partial charge on any atom is -0.339 e. The molecule has 1 aromatic heterocycles. The standard InChI is InChI=1S/C16H20N2O2/c1-10(2)14(19)9-16-17-15(18-20-16)8-13-6-11(3)5-12(4)7-13/h5-7,10H,8-9H2,1-4H3. The van der Waals surface area contributed by atoms with Crippen LogP contribution in [0.25, 0.3) is 0 Å². The van der Waals surface area contributed by atoms with Crippen molar-refractivity contribution in [1.82, 2.24) is 10.1 Å². The summed E-state index contributed by atoms with van der Waals surface area (Å²) in [6, 6.07) is 6.36. The lowest BCUT2D eigenvalue weighted by Crippen LogP contribution is -2.10. The van der Waals surface area contributed by atoms with Gasteiger partial charge in [0, 0.05) is 12.3 Å². The summed E-state index contributed by atoms with van der Waals surface area (Å²) in [5, 5.41) is 3.94. The SMILES string of the molecule is Cc1cc(C)cc(Cc2noc(CC(=O)C(C)C)n2)c1. The highest BCUT2D eigenvalue weighted by Gasteiger charge is 2.14. The third-order valence-corrected chi connectivity index (χ3v) is 3.12. The summed E-state index contributed by atoms with van der Waals surface area (Å²) < 4.78 is 5.14. The molecule has 106 valence electrons. The third kappa shape index (κ3) is 3.76. The fourth-order valence-electron chi connectivity index (χ4n) is 2.14. The van der Waals surface area contributed by atoms with Crippen LogP contribution in [0.5, 0.6) is 0 Å². The molecule has 2 rings (SSSR count). The van der Waals surface area contributed by atoms with Crippen LogP contribution in [0, 0.1) is 19.8 Å². The number of benzene rings is 1. The first-order valence-electron chi connectivity index (χ1n) is 6.85. The topological polar surface area (TPSA) is 56.0 Å². The number of aryl methyl sites for hydroxylation is 2. The maximum atomic E-state index is 11.6. The molecule has 0 fully saturated rings. The number of hydrogen-bond donors (Lipinski definition) is 0. The van der Waals surface area contributed by atoms with Crippen molar-refractivity contribution in [2.45, 2.75) is 40.5 Å². The van der Waals surface area contributed by atoms with Crippen molar-refractivity contribution in [2.24, 2.45) is 5.92 Å². The zero-order valence-corrected chi connectivity index (χ0v) is 12.4. The molecule has 0 saturated carbocycles. The van der Waals surface area contributed by atoms with Gasteiger partial charge in [-0.25, -0.2) is 0 Å². The van der Waals surface area contributed by atoms with E-state index in [1.54, 1.807) is 0 Å². The number of carbonyl (C=O) groups is 1. The lowest BCUT2D eigenvalue weighted by atomic mass is 10.0. The molecule has 2 aromatic rings. The molecule has 0 aliphatic rings. The van der Waals surface area contributed by atoms with E-state index in [0.717, 1.165) is 5.56 Å². The molecule has 4 heteroatoms. The number of carbonyl (C=O) groups excluding carboxylic acids is 1. The summed E-state index contributed by atoms with van der Waals surface area (Å²) in [5.74, 6) is 1.14. The van der Waals surface area contributed by atoms with Crippen molar-refractivity contribution < 1.29 is 9.32 Å². The van der Waals surface area contributed by atoms with Crippen molar-refractivity contribution >= 4 is 5.78 Å². The first-order valence-corrected chi connectivity index (χ1v) is 6.85. The van der Waals surface area contributed by atoms with E-state index in [1.807, 2.05) is 13.8 Å². The van der Waals surface area contributed by atoms with Crippen LogP contribution in [-0.2, 0) is 17.6 Å². The van der Waals surface area contributed by atoms with Crippen LogP contribution in [0.15, 0.2) is 22.7 Å². The van der Waals surface area contributed by atoms with E-state index in [9.17, 15) is 4.79 Å². The van der Waals surface area contributed by atoms with Gasteiger partial charge in [-0.1, -0.05) is 48.3 Å². The van der Waals surface area contributed by atoms with Gasteiger partial charge < -0.3 is 4.52 Å². The smallest absolute Gasteiger partial charge is 0.234 e. The van der Waals surface area contributed by atoms with Crippen LogP contribution >= 0.6 is 0 Å². The summed E-state index contributed by atoms with van der Waals surface area (Å²) in [7, 11) is 0. The van der Waals surface area contributed by atoms with Gasteiger partial charge in [-0.3, -0.25) is 4.79 Å². The Hall–Kier alpha value is -1.97. The predicted molar refractivity (Wildman–Crippen MR) is 76.6 cm³/mol. The normalized spacial score (nSPS) is 11.1. The van der Waals surface area contributed by atoms with Crippen molar-refractivity contribution in [3.63, 3.8) is 0 Å². The van der Waals surface area contributed by atoms with Crippen molar-refractivity contribution in [1.29, 1.82) is 0 Å². The van der Waals surface area contributed by atoms with E-state index in [2.05, 4.69) is 42.2 Å². The molecule has 0 unspecified atom stereocenters. The van der Waals surface area contributed by atoms with Gasteiger partial charge in [-0.05, 0) is 19.4 Å². The maximum Gasteiger partial charge on any atom is 0.234 e. The Balaban J connectivity index is 2.07. The molecule has 1 heterocycles. The molecule has 1 aromatic carbocycles. The van der Waals surface area contributed by atoms with Gasteiger partial charge >= 0.3 is 0 Å². The Kier molecular flexibility index (Phi) is 4.32. The van der Waals surface area contributed by atoms with E-state index in [0.29, 0.717) is 18.1 Å². The van der Waals surface area contributed by atoms with Gasteiger partial charge in [0.05, 0.1) is 6.42 Å². The summed E-state index contributed by atoms with van der Waals surface area (Å²) in [4.78, 5) is 15.9. The Morgan fingerprint density at radius 1 is 1.20 bits per heavy atom. The third-order valence-electron chi connectivity index (χ3n) is 3.12. The molecule has 4 nitrogen and oxygen atoms in total. The van der Waals surface area contributed by atoms with Gasteiger partial charge in [0.15, 0.2) is 5.82 Å². The molecule has 0 aliphatic carbocycles. The van der Waals surface area contributed by atoms with E-state index < -0.39 is 0 Å². The summed E-state index contributed by atoms with van der Waals surface area (Å²) >= 11 is 0. The van der Waals surface area contributed by atoms with Crippen molar-refractivity contribution in [3.05, 3.63) is 46.6 Å².